The normalized spacial score (nSPS) is 29.1. The number of aromatic nitrogens is 2. The van der Waals surface area contributed by atoms with Gasteiger partial charge in [-0.15, -0.1) is 10.2 Å². The van der Waals surface area contributed by atoms with Crippen LogP contribution in [0.25, 0.3) is 11.3 Å². The van der Waals surface area contributed by atoms with Gasteiger partial charge in [0.1, 0.15) is 5.56 Å². The number of hydrogen-bond acceptors (Lipinski definition) is 5. The Kier molecular flexibility index (Phi) is 5.43. The molecule has 0 amide bonds. The number of anilines is 1. The third-order valence-electron chi connectivity index (χ3n) is 7.16. The van der Waals surface area contributed by atoms with Crippen LogP contribution < -0.4 is 5.32 Å². The lowest BCUT2D eigenvalue weighted by atomic mass is 10.0. The molecule has 3 fully saturated rings. The Bertz CT molecular complexity index is 1080. The Morgan fingerprint density at radius 3 is 2.58 bits per heavy atom. The molecule has 0 spiro atoms. The zero-order chi connectivity index (χ0) is 25.0. The second kappa shape index (κ2) is 8.87. The number of nitrogens with zero attached hydrogens (tertiary/aromatic N) is 3. The topological polar surface area (TPSA) is 50.3 Å². The first kappa shape index (κ1) is 20.2. The summed E-state index contributed by atoms with van der Waals surface area (Å²) in [6.45, 7) is 4.61. The summed E-state index contributed by atoms with van der Waals surface area (Å²) in [5.41, 5.74) is 1.84. The highest BCUT2D eigenvalue weighted by Crippen LogP contribution is 2.42. The number of fused-ring (bicyclic) bond motifs is 1. The molecule has 1 aromatic heterocycles. The summed E-state index contributed by atoms with van der Waals surface area (Å²) in [6.07, 6.45) is -2.46. The highest BCUT2D eigenvalue weighted by atomic mass is 19.4. The first-order valence-corrected chi connectivity index (χ1v) is 11.6. The van der Waals surface area contributed by atoms with E-state index in [0.717, 1.165) is 23.6 Å². The van der Waals surface area contributed by atoms with Crippen molar-refractivity contribution in [3.8, 4) is 11.3 Å². The number of rotatable bonds is 5. The maximum Gasteiger partial charge on any atom is 0.420 e. The predicted octanol–water partition coefficient (Wildman–Crippen LogP) is 4.94. The van der Waals surface area contributed by atoms with Gasteiger partial charge in [-0.2, -0.15) is 13.2 Å². The highest BCUT2D eigenvalue weighted by molar-refractivity contribution is 5.66. The van der Waals surface area contributed by atoms with E-state index in [4.69, 9.17) is 7.48 Å². The van der Waals surface area contributed by atoms with Gasteiger partial charge >= 0.3 is 6.18 Å². The second-order valence-corrected chi connectivity index (χ2v) is 9.74. The fourth-order valence-electron chi connectivity index (χ4n) is 5.47. The van der Waals surface area contributed by atoms with Crippen LogP contribution in [0.1, 0.15) is 38.7 Å². The zero-order valence-corrected chi connectivity index (χ0v) is 19.0. The van der Waals surface area contributed by atoms with E-state index in [-0.39, 0.29) is 35.3 Å². The lowest BCUT2D eigenvalue weighted by molar-refractivity contribution is -0.137. The van der Waals surface area contributed by atoms with Crippen LogP contribution in [-0.4, -0.2) is 53.9 Å². The molecule has 5 rings (SSSR count). The van der Waals surface area contributed by atoms with Gasteiger partial charge in [0, 0.05) is 40.5 Å². The summed E-state index contributed by atoms with van der Waals surface area (Å²) in [6, 6.07) is 6.56. The number of halogens is 3. The molecule has 178 valence electrons. The van der Waals surface area contributed by atoms with E-state index in [9.17, 15) is 13.2 Å². The summed E-state index contributed by atoms with van der Waals surface area (Å²) in [4.78, 5) is 1.91. The quantitative estimate of drug-likeness (QED) is 0.682. The molecule has 3 aliphatic rings. The number of benzene rings is 1. The molecule has 3 heterocycles. The van der Waals surface area contributed by atoms with Gasteiger partial charge in [0.25, 0.3) is 0 Å². The van der Waals surface area contributed by atoms with Gasteiger partial charge in [0.2, 0.25) is 0 Å². The third kappa shape index (κ3) is 4.87. The van der Waals surface area contributed by atoms with Crippen molar-refractivity contribution in [2.45, 2.75) is 45.3 Å². The average molecular weight is 463 g/mol. The van der Waals surface area contributed by atoms with E-state index in [2.05, 4.69) is 15.5 Å². The van der Waals surface area contributed by atoms with Crippen molar-refractivity contribution in [2.24, 2.45) is 17.8 Å². The van der Waals surface area contributed by atoms with Crippen molar-refractivity contribution in [3.63, 3.8) is 0 Å². The Morgan fingerprint density at radius 1 is 1.15 bits per heavy atom. The largest absolute Gasteiger partial charge is 0.420 e. The maximum absolute atomic E-state index is 14.0. The van der Waals surface area contributed by atoms with Gasteiger partial charge in [-0.25, -0.2) is 0 Å². The predicted molar refractivity (Wildman–Crippen MR) is 121 cm³/mol. The minimum atomic E-state index is -4.56. The van der Waals surface area contributed by atoms with Crippen molar-refractivity contribution in [1.82, 2.24) is 15.1 Å². The molecule has 1 aromatic carbocycles. The molecule has 33 heavy (non-hydrogen) atoms. The Balaban J connectivity index is 1.30. The summed E-state index contributed by atoms with van der Waals surface area (Å²) in [5, 5.41) is 11.2. The van der Waals surface area contributed by atoms with E-state index < -0.39 is 18.2 Å². The van der Waals surface area contributed by atoms with Crippen molar-refractivity contribution in [3.05, 3.63) is 41.0 Å². The van der Waals surface area contributed by atoms with Crippen LogP contribution in [0.2, 0.25) is 0 Å². The highest BCUT2D eigenvalue weighted by Gasteiger charge is 2.43. The summed E-state index contributed by atoms with van der Waals surface area (Å²) in [5.74, 6) is 0.144. The van der Waals surface area contributed by atoms with Crippen LogP contribution in [0.15, 0.2) is 24.3 Å². The molecule has 2 saturated heterocycles. The van der Waals surface area contributed by atoms with Crippen molar-refractivity contribution < 1.29 is 20.6 Å². The molecule has 1 aliphatic carbocycles. The lowest BCUT2D eigenvalue weighted by Gasteiger charge is -2.23. The molecule has 2 aliphatic heterocycles. The van der Waals surface area contributed by atoms with E-state index in [0.29, 0.717) is 44.7 Å². The molecule has 2 unspecified atom stereocenters. The molecule has 1 saturated carbocycles. The third-order valence-corrected chi connectivity index (χ3v) is 7.16. The molecule has 2 aromatic rings. The van der Waals surface area contributed by atoms with Crippen molar-refractivity contribution in [2.75, 3.05) is 38.1 Å². The Hall–Kier alpha value is -2.19. The van der Waals surface area contributed by atoms with Gasteiger partial charge in [-0.3, -0.25) is 0 Å². The maximum atomic E-state index is 14.0. The van der Waals surface area contributed by atoms with Gasteiger partial charge in [-0.05, 0) is 68.6 Å². The SMILES string of the molecule is [2H]C([2H])([C@@H]1CCOC1)N1CC2CC(Nc3nnc(-c4cc(C)ccc4C)cc3C(F)(F)F)CC2C1. The van der Waals surface area contributed by atoms with Crippen molar-refractivity contribution in [1.29, 1.82) is 0 Å². The average Bonchev–Trinajstić information content (AvgIpc) is 3.52. The zero-order valence-electron chi connectivity index (χ0n) is 21.0. The lowest BCUT2D eigenvalue weighted by Crippen LogP contribution is -2.30. The minimum Gasteiger partial charge on any atom is -0.381 e. The van der Waals surface area contributed by atoms with E-state index in [1.807, 2.05) is 36.9 Å². The van der Waals surface area contributed by atoms with E-state index in [1.165, 1.54) is 0 Å². The Morgan fingerprint density at radius 2 is 1.91 bits per heavy atom. The van der Waals surface area contributed by atoms with Gasteiger partial charge < -0.3 is 15.0 Å². The second-order valence-electron chi connectivity index (χ2n) is 9.74. The van der Waals surface area contributed by atoms with Crippen LogP contribution >= 0.6 is 0 Å². The standard InChI is InChI=1S/C25H31F3N4O/c1-15-3-4-16(2)21(7-15)23-10-22(25(26,27)28)24(31-30-23)29-20-8-18-12-32(13-19(18)9-20)11-17-5-6-33-14-17/h3-4,7,10,17-20H,5-6,8-9,11-14H2,1-2H3,(H,29,31)/t17-,18?,19?,20?/m0/s1/i11D2. The summed E-state index contributed by atoms with van der Waals surface area (Å²) >= 11 is 0. The number of likely N-dealkylation sites (tertiary alicyclic amines) is 1. The molecular weight excluding hydrogens is 429 g/mol. The van der Waals surface area contributed by atoms with Gasteiger partial charge in [-0.1, -0.05) is 17.7 Å². The van der Waals surface area contributed by atoms with E-state index in [1.54, 1.807) is 0 Å². The van der Waals surface area contributed by atoms with Gasteiger partial charge in [0.15, 0.2) is 5.82 Å². The van der Waals surface area contributed by atoms with Crippen molar-refractivity contribution >= 4 is 5.82 Å². The number of nitrogens with one attached hydrogen (secondary N) is 1. The van der Waals surface area contributed by atoms with E-state index >= 15 is 0 Å². The molecule has 5 nitrogen and oxygen atoms in total. The molecule has 1 N–H and O–H groups in total. The smallest absolute Gasteiger partial charge is 0.381 e. The van der Waals surface area contributed by atoms with Crippen LogP contribution in [0.3, 0.4) is 0 Å². The molecule has 0 bridgehead atoms. The molecule has 8 heteroatoms. The monoisotopic (exact) mass is 462 g/mol. The summed E-state index contributed by atoms with van der Waals surface area (Å²) in [7, 11) is 0. The van der Waals surface area contributed by atoms with Crippen LogP contribution in [0.5, 0.6) is 0 Å². The minimum absolute atomic E-state index is 0.129. The first-order chi connectivity index (χ1) is 16.5. The fourth-order valence-corrected chi connectivity index (χ4v) is 5.47. The Labute approximate surface area is 195 Å². The number of ether oxygens (including phenoxy) is 1. The van der Waals surface area contributed by atoms with Crippen LogP contribution in [0, 0.1) is 31.6 Å². The molecular formula is C25H31F3N4O. The first-order valence-electron chi connectivity index (χ1n) is 12.6. The number of alkyl halides is 3. The number of hydrogen-bond donors (Lipinski definition) is 1. The molecule has 3 atom stereocenters. The van der Waals surface area contributed by atoms with Gasteiger partial charge in [0.05, 0.1) is 12.3 Å². The molecule has 0 radical (unpaired) electrons. The number of aryl methyl sites for hydroxylation is 2. The fraction of sp³-hybridized carbons (Fsp3) is 0.600. The van der Waals surface area contributed by atoms with Crippen LogP contribution in [-0.2, 0) is 10.9 Å². The van der Waals surface area contributed by atoms with Crippen LogP contribution in [0.4, 0.5) is 19.0 Å². The summed E-state index contributed by atoms with van der Waals surface area (Å²) < 4.78 is 64.6.